The maximum Gasteiger partial charge on any atom is 0.0160 e. The van der Waals surface area contributed by atoms with E-state index in [1.165, 1.54) is 20.1 Å². The van der Waals surface area contributed by atoms with E-state index in [0.717, 1.165) is 16.6 Å². The second kappa shape index (κ2) is 10.8. The smallest absolute Gasteiger partial charge is 0.0160 e. The molecule has 0 unspecified atom stereocenters. The van der Waals surface area contributed by atoms with Crippen molar-refractivity contribution in [1.29, 1.82) is 0 Å². The number of fused-ring (bicyclic) bond motifs is 3. The van der Waals surface area contributed by atoms with E-state index >= 15 is 0 Å². The van der Waals surface area contributed by atoms with Gasteiger partial charge in [-0.05, 0) is 11.8 Å². The maximum atomic E-state index is 7.66. The summed E-state index contributed by atoms with van der Waals surface area (Å²) < 4.78 is 25.5. The number of hydrogen-bond acceptors (Lipinski definition) is 3. The molecular weight excluding hydrogens is 650 g/mol. The van der Waals surface area contributed by atoms with Crippen LogP contribution in [0, 0.1) is 19.0 Å². The first kappa shape index (κ1) is 19.5. The Kier molecular flexibility index (Phi) is 6.38. The monoisotopic (exact) mass is 673 g/mol. The Labute approximate surface area is 216 Å². The van der Waals surface area contributed by atoms with Crippen LogP contribution in [-0.2, 0) is 20.1 Å². The molecule has 33 heavy (non-hydrogen) atoms. The van der Waals surface area contributed by atoms with Crippen molar-refractivity contribution in [1.82, 2.24) is 15.0 Å². The van der Waals surface area contributed by atoms with E-state index in [4.69, 9.17) is 4.11 Å². The summed E-state index contributed by atoms with van der Waals surface area (Å²) in [5.41, 5.74) is 3.11. The second-order valence-electron chi connectivity index (χ2n) is 6.97. The summed E-state index contributed by atoms with van der Waals surface area (Å²) >= 11 is 0.253. The largest absolute Gasteiger partial charge is 0.305 e. The van der Waals surface area contributed by atoms with Crippen LogP contribution in [-0.4, -0.2) is 29.5 Å². The van der Waals surface area contributed by atoms with Gasteiger partial charge in [0, 0.05) is 26.3 Å². The average molecular weight is 672 g/mol. The Bertz CT molecular complexity index is 1550. The number of rotatable bonds is 2. The number of pyridine rings is 3. The fraction of sp³-hybridized carbons (Fsp3) is 0.0357. The molecule has 0 aliphatic heterocycles. The molecule has 3 nitrogen and oxygen atoms in total. The molecule has 0 amide bonds. The van der Waals surface area contributed by atoms with Crippen molar-refractivity contribution >= 4 is 33.8 Å². The van der Waals surface area contributed by atoms with Gasteiger partial charge in [-0.2, -0.15) is 0 Å². The summed E-state index contributed by atoms with van der Waals surface area (Å²) in [5, 5.41) is 2.35. The molecule has 0 fully saturated rings. The molecule has 4 heterocycles. The van der Waals surface area contributed by atoms with Gasteiger partial charge in [0.05, 0.1) is 0 Å². The number of aryl methyl sites for hydroxylation is 1. The maximum absolute atomic E-state index is 7.66. The first-order chi connectivity index (χ1) is 17.0. The first-order valence-corrected chi connectivity index (χ1v) is 11.7. The minimum Gasteiger partial charge on any atom is -0.305 e. The van der Waals surface area contributed by atoms with Gasteiger partial charge in [0.2, 0.25) is 0 Å². The van der Waals surface area contributed by atoms with E-state index < -0.39 is 6.85 Å². The molecule has 0 spiro atoms. The van der Waals surface area contributed by atoms with E-state index in [2.05, 4.69) is 39.2 Å². The number of nitrogens with zero attached hydrogens (tertiary/aromatic N) is 3. The van der Waals surface area contributed by atoms with Crippen molar-refractivity contribution in [2.24, 2.45) is 0 Å². The molecule has 6 rings (SSSR count). The molecule has 0 bridgehead atoms. The van der Waals surface area contributed by atoms with Gasteiger partial charge in [0.15, 0.2) is 0 Å². The van der Waals surface area contributed by atoms with Crippen LogP contribution in [0.5, 0.6) is 0 Å². The molecule has 163 valence electrons. The summed E-state index contributed by atoms with van der Waals surface area (Å²) in [7, 11) is 0. The van der Waals surface area contributed by atoms with E-state index in [9.17, 15) is 0 Å². The zero-order chi connectivity index (χ0) is 24.3. The number of benzene rings is 2. The van der Waals surface area contributed by atoms with Crippen molar-refractivity contribution in [3.05, 3.63) is 115 Å². The van der Waals surface area contributed by atoms with E-state index in [1.807, 2.05) is 66.9 Å². The van der Waals surface area contributed by atoms with Crippen molar-refractivity contribution in [3.63, 3.8) is 0 Å². The molecule has 0 aliphatic carbocycles. The minimum atomic E-state index is -2.28. The van der Waals surface area contributed by atoms with Gasteiger partial charge >= 0.3 is 127 Å². The summed E-state index contributed by atoms with van der Waals surface area (Å²) in [5.74, 6) is 0. The molecular formula is C28H19IrN3Se-2. The van der Waals surface area contributed by atoms with Crippen LogP contribution >= 0.6 is 0 Å². The number of hydrogen-bond donors (Lipinski definition) is 0. The van der Waals surface area contributed by atoms with Crippen LogP contribution in [0.3, 0.4) is 0 Å². The van der Waals surface area contributed by atoms with Gasteiger partial charge in [-0.15, -0.1) is 35.9 Å². The molecule has 1 radical (unpaired) electrons. The van der Waals surface area contributed by atoms with Crippen LogP contribution < -0.4 is 0 Å². The summed E-state index contributed by atoms with van der Waals surface area (Å²) in [6, 6.07) is 31.7. The third-order valence-corrected chi connectivity index (χ3v) is 7.27. The van der Waals surface area contributed by atoms with E-state index in [0.29, 0.717) is 11.3 Å². The minimum absolute atomic E-state index is 0. The quantitative estimate of drug-likeness (QED) is 0.164. The molecule has 0 saturated heterocycles. The van der Waals surface area contributed by atoms with Gasteiger partial charge in [-0.3, -0.25) is 0 Å². The van der Waals surface area contributed by atoms with Crippen LogP contribution in [0.4, 0.5) is 0 Å². The third kappa shape index (κ3) is 5.18. The zero-order valence-corrected chi connectivity index (χ0v) is 21.4. The average Bonchev–Trinajstić information content (AvgIpc) is 3.28. The van der Waals surface area contributed by atoms with Gasteiger partial charge in [0.25, 0.3) is 0 Å². The zero-order valence-electron chi connectivity index (χ0n) is 20.3. The summed E-state index contributed by atoms with van der Waals surface area (Å²) in [4.78, 5) is 12.7. The molecule has 2 aromatic carbocycles. The van der Waals surface area contributed by atoms with Crippen LogP contribution in [0.1, 0.15) is 9.81 Å². The predicted octanol–water partition coefficient (Wildman–Crippen LogP) is 6.16. The fourth-order valence-electron chi connectivity index (χ4n) is 3.40. The van der Waals surface area contributed by atoms with E-state index in [-0.39, 0.29) is 40.3 Å². The predicted molar refractivity (Wildman–Crippen MR) is 132 cm³/mol. The Morgan fingerprint density at radius 3 is 2.45 bits per heavy atom. The molecule has 0 aliphatic rings. The topological polar surface area (TPSA) is 38.7 Å². The van der Waals surface area contributed by atoms with Crippen molar-refractivity contribution in [2.45, 2.75) is 6.85 Å². The Morgan fingerprint density at radius 2 is 1.64 bits per heavy atom. The molecule has 0 saturated carbocycles. The van der Waals surface area contributed by atoms with E-state index in [1.54, 1.807) is 12.3 Å². The van der Waals surface area contributed by atoms with Crippen LogP contribution in [0.2, 0.25) is 0 Å². The van der Waals surface area contributed by atoms with Gasteiger partial charge < -0.3 is 4.98 Å². The SMILES string of the molecule is [2H]C([2H])([2H])c1ncc[c-]c1-c1cc2c(cn1)[se]c1ccccc12.[Ir].[c-]1ccccc1-c1ccccn1. The van der Waals surface area contributed by atoms with Crippen molar-refractivity contribution < 1.29 is 24.2 Å². The summed E-state index contributed by atoms with van der Waals surface area (Å²) in [6.45, 7) is -2.28. The van der Waals surface area contributed by atoms with Crippen molar-refractivity contribution in [2.75, 3.05) is 0 Å². The molecule has 5 heteroatoms. The summed E-state index contributed by atoms with van der Waals surface area (Å²) in [6.07, 6.45) is 5.10. The Morgan fingerprint density at radius 1 is 0.758 bits per heavy atom. The molecule has 4 aromatic heterocycles. The van der Waals surface area contributed by atoms with Gasteiger partial charge in [0.1, 0.15) is 0 Å². The first-order valence-electron chi connectivity index (χ1n) is 11.5. The number of aromatic nitrogens is 3. The third-order valence-electron chi connectivity index (χ3n) is 4.91. The fourth-order valence-corrected chi connectivity index (χ4v) is 5.62. The van der Waals surface area contributed by atoms with Crippen LogP contribution in [0.15, 0.2) is 97.5 Å². The van der Waals surface area contributed by atoms with Crippen molar-refractivity contribution in [3.8, 4) is 22.5 Å². The van der Waals surface area contributed by atoms with Gasteiger partial charge in [-0.25, -0.2) is 0 Å². The van der Waals surface area contributed by atoms with Gasteiger partial charge in [-0.1, -0.05) is 12.1 Å². The Hall–Kier alpha value is -2.94. The standard InChI is InChI=1S/C17H11N2Se.C11H8N.Ir/c1-11-12(6-4-8-18-11)15-9-14-13-5-2-3-7-16(13)20-17(14)10-19-15;1-2-6-10(7-3-1)11-8-4-5-9-12-11;/h2-5,7-10H,1H3;1-6,8-9H;/q2*-1;/i1D3;;. The normalized spacial score (nSPS) is 12.1. The molecule has 0 atom stereocenters. The van der Waals surface area contributed by atoms with Crippen LogP contribution in [0.25, 0.3) is 41.8 Å². The molecule has 6 aromatic rings. The Balaban J connectivity index is 0.000000198. The second-order valence-corrected chi connectivity index (χ2v) is 9.24. The molecule has 0 N–H and O–H groups in total.